The molecular weight excluding hydrogens is 368 g/mol. The van der Waals surface area contributed by atoms with Gasteiger partial charge in [0, 0.05) is 13.0 Å². The first kappa shape index (κ1) is 23.2. The molecule has 1 aliphatic heterocycles. The molecular formula is C24H42O5. The molecule has 5 heteroatoms. The van der Waals surface area contributed by atoms with Crippen LogP contribution >= 0.6 is 0 Å². The number of rotatable bonds is 11. The van der Waals surface area contributed by atoms with Crippen molar-refractivity contribution in [3.8, 4) is 0 Å². The maximum absolute atomic E-state index is 6.34. The summed E-state index contributed by atoms with van der Waals surface area (Å²) in [5, 5.41) is 0. The number of fused-ring (bicyclic) bond motifs is 3. The van der Waals surface area contributed by atoms with Gasteiger partial charge in [0.25, 0.3) is 0 Å². The maximum atomic E-state index is 6.34. The molecule has 0 bridgehead atoms. The molecule has 0 amide bonds. The average molecular weight is 411 g/mol. The Balaban J connectivity index is 1.71. The van der Waals surface area contributed by atoms with Crippen molar-refractivity contribution >= 4 is 0 Å². The summed E-state index contributed by atoms with van der Waals surface area (Å²) in [5.41, 5.74) is 1.67. The molecule has 5 nitrogen and oxygen atoms in total. The first-order valence-electron chi connectivity index (χ1n) is 11.6. The molecule has 29 heavy (non-hydrogen) atoms. The van der Waals surface area contributed by atoms with Crippen molar-refractivity contribution in [2.24, 2.45) is 29.1 Å². The van der Waals surface area contributed by atoms with Crippen LogP contribution in [0.2, 0.25) is 0 Å². The van der Waals surface area contributed by atoms with E-state index in [0.29, 0.717) is 44.4 Å². The maximum Gasteiger partial charge on any atom is 0.147 e. The fraction of sp³-hybridized carbons (Fsp3) is 0.917. The van der Waals surface area contributed by atoms with E-state index in [9.17, 15) is 0 Å². The van der Waals surface area contributed by atoms with Crippen molar-refractivity contribution in [1.82, 2.24) is 0 Å². The summed E-state index contributed by atoms with van der Waals surface area (Å²) in [5.74, 6) is 2.57. The second kappa shape index (κ2) is 10.7. The van der Waals surface area contributed by atoms with Gasteiger partial charge in [-0.05, 0) is 48.0 Å². The van der Waals surface area contributed by atoms with Gasteiger partial charge in [-0.1, -0.05) is 53.0 Å². The normalized spacial score (nSPS) is 35.3. The number of ether oxygens (including phenoxy) is 3. The van der Waals surface area contributed by atoms with Crippen LogP contribution in [-0.4, -0.2) is 45.9 Å². The molecule has 6 atom stereocenters. The van der Waals surface area contributed by atoms with Gasteiger partial charge in [-0.25, -0.2) is 9.78 Å². The van der Waals surface area contributed by atoms with Crippen LogP contribution in [0, 0.1) is 29.1 Å². The van der Waals surface area contributed by atoms with Crippen molar-refractivity contribution in [1.29, 1.82) is 0 Å². The van der Waals surface area contributed by atoms with Crippen molar-refractivity contribution < 1.29 is 24.0 Å². The molecule has 0 aromatic carbocycles. The smallest absolute Gasteiger partial charge is 0.147 e. The van der Waals surface area contributed by atoms with Gasteiger partial charge in [-0.3, -0.25) is 0 Å². The SMILES string of the molecule is COCCOCO[C@H]1C[C@H]([C@H](C)CCCC(C)C)[C@@]2(C)CC[C@H]3OOCC=C3[C@H]12. The highest BCUT2D eigenvalue weighted by atomic mass is 17.2. The lowest BCUT2D eigenvalue weighted by molar-refractivity contribution is -0.324. The molecule has 0 unspecified atom stereocenters. The van der Waals surface area contributed by atoms with Crippen molar-refractivity contribution in [3.05, 3.63) is 11.6 Å². The summed E-state index contributed by atoms with van der Waals surface area (Å²) < 4.78 is 17.1. The third-order valence-corrected chi connectivity index (χ3v) is 7.59. The van der Waals surface area contributed by atoms with E-state index in [2.05, 4.69) is 33.8 Å². The van der Waals surface area contributed by atoms with Crippen LogP contribution in [0.1, 0.15) is 66.2 Å². The average Bonchev–Trinajstić information content (AvgIpc) is 3.00. The van der Waals surface area contributed by atoms with E-state index in [-0.39, 0.29) is 17.6 Å². The molecule has 0 aromatic heterocycles. The third-order valence-electron chi connectivity index (χ3n) is 7.59. The lowest BCUT2D eigenvalue weighted by atomic mass is 9.59. The van der Waals surface area contributed by atoms with Crippen molar-refractivity contribution in [2.45, 2.75) is 78.4 Å². The number of hydrogen-bond acceptors (Lipinski definition) is 5. The number of hydrogen-bond donors (Lipinski definition) is 0. The minimum atomic E-state index is 0.0948. The standard InChI is InChI=1S/C24H42O5/c1-17(2)7-6-8-18(3)20-15-22(27-16-26-14-13-25-5)23-19-10-12-28-29-21(19)9-11-24(20,23)4/h10,17-18,20-23H,6-9,11-16H2,1-5H3/t18-,20-,21-,22+,23-,24-/m1/s1. The molecule has 2 aliphatic carbocycles. The van der Waals surface area contributed by atoms with Crippen LogP contribution in [0.25, 0.3) is 0 Å². The highest BCUT2D eigenvalue weighted by Gasteiger charge is 2.58. The third kappa shape index (κ3) is 5.43. The quantitative estimate of drug-likeness (QED) is 0.204. The van der Waals surface area contributed by atoms with Crippen LogP contribution in [-0.2, 0) is 24.0 Å². The van der Waals surface area contributed by atoms with Crippen LogP contribution < -0.4 is 0 Å². The summed E-state index contributed by atoms with van der Waals surface area (Å²) in [6.07, 6.45) is 9.83. The summed E-state index contributed by atoms with van der Waals surface area (Å²) in [6.45, 7) is 11.7. The van der Waals surface area contributed by atoms with Crippen LogP contribution in [0.3, 0.4) is 0 Å². The molecule has 1 heterocycles. The Labute approximate surface area is 177 Å². The molecule has 0 saturated heterocycles. The molecule has 2 saturated carbocycles. The van der Waals surface area contributed by atoms with Crippen molar-refractivity contribution in [2.75, 3.05) is 33.7 Å². The Morgan fingerprint density at radius 3 is 2.79 bits per heavy atom. The molecule has 3 rings (SSSR count). The minimum absolute atomic E-state index is 0.0948. The Kier molecular flexibility index (Phi) is 8.58. The largest absolute Gasteiger partial charge is 0.382 e. The van der Waals surface area contributed by atoms with Gasteiger partial charge in [0.2, 0.25) is 0 Å². The van der Waals surface area contributed by atoms with E-state index >= 15 is 0 Å². The topological polar surface area (TPSA) is 46.2 Å². The monoisotopic (exact) mass is 410 g/mol. The van der Waals surface area contributed by atoms with E-state index in [1.807, 2.05) is 0 Å². The first-order chi connectivity index (χ1) is 14.0. The van der Waals surface area contributed by atoms with Gasteiger partial charge in [-0.2, -0.15) is 0 Å². The van der Waals surface area contributed by atoms with Gasteiger partial charge in [-0.15, -0.1) is 0 Å². The van der Waals surface area contributed by atoms with Gasteiger partial charge in [0.1, 0.15) is 19.5 Å². The molecule has 2 fully saturated rings. The molecule has 0 spiro atoms. The lowest BCUT2D eigenvalue weighted by Crippen LogP contribution is -2.45. The summed E-state index contributed by atoms with van der Waals surface area (Å²) in [7, 11) is 1.69. The Bertz CT molecular complexity index is 533. The predicted octanol–water partition coefficient (Wildman–Crippen LogP) is 5.15. The van der Waals surface area contributed by atoms with Crippen LogP contribution in [0.4, 0.5) is 0 Å². The zero-order chi connectivity index (χ0) is 20.9. The van der Waals surface area contributed by atoms with E-state index in [0.717, 1.165) is 18.8 Å². The number of methoxy groups -OCH3 is 1. The molecule has 0 aromatic rings. The van der Waals surface area contributed by atoms with Gasteiger partial charge < -0.3 is 14.2 Å². The summed E-state index contributed by atoms with van der Waals surface area (Å²) in [6, 6.07) is 0. The second-order valence-electron chi connectivity index (χ2n) is 9.96. The highest BCUT2D eigenvalue weighted by Crippen LogP contribution is 2.61. The van der Waals surface area contributed by atoms with E-state index in [1.165, 1.54) is 31.3 Å². The van der Waals surface area contributed by atoms with Crippen molar-refractivity contribution in [3.63, 3.8) is 0 Å². The highest BCUT2D eigenvalue weighted by molar-refractivity contribution is 5.26. The summed E-state index contributed by atoms with van der Waals surface area (Å²) >= 11 is 0. The zero-order valence-electron chi connectivity index (χ0n) is 19.2. The fourth-order valence-corrected chi connectivity index (χ4v) is 6.10. The van der Waals surface area contributed by atoms with Gasteiger partial charge in [0.05, 0.1) is 19.3 Å². The minimum Gasteiger partial charge on any atom is -0.382 e. The molecule has 0 N–H and O–H groups in total. The molecule has 168 valence electrons. The fourth-order valence-electron chi connectivity index (χ4n) is 6.10. The van der Waals surface area contributed by atoms with E-state index < -0.39 is 0 Å². The molecule has 3 aliphatic rings. The Morgan fingerprint density at radius 2 is 2.03 bits per heavy atom. The Morgan fingerprint density at radius 1 is 1.21 bits per heavy atom. The van der Waals surface area contributed by atoms with Crippen LogP contribution in [0.5, 0.6) is 0 Å². The summed E-state index contributed by atoms with van der Waals surface area (Å²) in [4.78, 5) is 10.9. The Hall–Kier alpha value is -0.460. The molecule has 0 radical (unpaired) electrons. The second-order valence-corrected chi connectivity index (χ2v) is 9.96. The van der Waals surface area contributed by atoms with Crippen LogP contribution in [0.15, 0.2) is 11.6 Å². The zero-order valence-corrected chi connectivity index (χ0v) is 19.2. The van der Waals surface area contributed by atoms with E-state index in [4.69, 9.17) is 24.0 Å². The van der Waals surface area contributed by atoms with E-state index in [1.54, 1.807) is 7.11 Å². The first-order valence-corrected chi connectivity index (χ1v) is 11.6. The predicted molar refractivity (Wildman–Crippen MR) is 113 cm³/mol. The van der Waals surface area contributed by atoms with Gasteiger partial charge in [0.15, 0.2) is 0 Å². The van der Waals surface area contributed by atoms with Gasteiger partial charge >= 0.3 is 0 Å². The lowest BCUT2D eigenvalue weighted by Gasteiger charge is -2.47.